The quantitative estimate of drug-likeness (QED) is 0.452. The van der Waals surface area contributed by atoms with Crippen molar-refractivity contribution in [2.75, 3.05) is 19.4 Å². The number of nitro groups is 1. The lowest BCUT2D eigenvalue weighted by atomic mass is 10.2. The van der Waals surface area contributed by atoms with E-state index in [0.717, 1.165) is 9.82 Å². The first-order valence-corrected chi connectivity index (χ1v) is 10.5. The second kappa shape index (κ2) is 8.20. The number of hydrogen-bond donors (Lipinski definition) is 1. The maximum Gasteiger partial charge on any atom is 0.271 e. The third-order valence-electron chi connectivity index (χ3n) is 4.64. The summed E-state index contributed by atoms with van der Waals surface area (Å²) >= 11 is 0. The van der Waals surface area contributed by atoms with E-state index < -0.39 is 14.9 Å². The lowest BCUT2D eigenvalue weighted by Crippen LogP contribution is -2.22. The van der Waals surface area contributed by atoms with Crippen molar-refractivity contribution in [2.45, 2.75) is 17.7 Å². The van der Waals surface area contributed by atoms with Gasteiger partial charge in [-0.3, -0.25) is 14.9 Å². The number of nitrogens with zero attached hydrogens (tertiary/aromatic N) is 4. The predicted molar refractivity (Wildman–Crippen MR) is 112 cm³/mol. The Morgan fingerprint density at radius 1 is 1.23 bits per heavy atom. The summed E-state index contributed by atoms with van der Waals surface area (Å²) in [6, 6.07) is 10.4. The van der Waals surface area contributed by atoms with Crippen molar-refractivity contribution >= 4 is 38.3 Å². The summed E-state index contributed by atoms with van der Waals surface area (Å²) in [5.41, 5.74) is 1.51. The van der Waals surface area contributed by atoms with Crippen molar-refractivity contribution in [3.05, 3.63) is 58.4 Å². The van der Waals surface area contributed by atoms with Gasteiger partial charge in [0.15, 0.2) is 0 Å². The molecule has 0 bridgehead atoms. The molecule has 3 aromatic rings. The van der Waals surface area contributed by atoms with Crippen LogP contribution in [0.3, 0.4) is 0 Å². The standard InChI is InChI=1S/C19H21N5O5S/c1-22(2)30(28,29)15-7-8-17-16(12-15)21-18(23(17)3)9-10-19(25)20-13-5-4-6-14(11-13)24(26)27/h4-8,11-12H,9-10H2,1-3H3,(H,20,25). The molecule has 1 amide bonds. The number of fused-ring (bicyclic) bond motifs is 1. The van der Waals surface area contributed by atoms with Gasteiger partial charge in [-0.2, -0.15) is 0 Å². The Bertz CT molecular complexity index is 1230. The number of non-ortho nitro benzene ring substituents is 1. The fourth-order valence-corrected chi connectivity index (χ4v) is 3.89. The highest BCUT2D eigenvalue weighted by Crippen LogP contribution is 2.22. The van der Waals surface area contributed by atoms with Gasteiger partial charge >= 0.3 is 0 Å². The van der Waals surface area contributed by atoms with Gasteiger partial charge in [0.2, 0.25) is 15.9 Å². The van der Waals surface area contributed by atoms with Gasteiger partial charge in [-0.15, -0.1) is 0 Å². The number of carbonyl (C=O) groups is 1. The van der Waals surface area contributed by atoms with Gasteiger partial charge in [-0.1, -0.05) is 6.07 Å². The molecule has 0 saturated heterocycles. The van der Waals surface area contributed by atoms with Gasteiger partial charge in [0, 0.05) is 51.8 Å². The molecule has 0 fully saturated rings. The molecule has 0 saturated carbocycles. The number of hydrogen-bond acceptors (Lipinski definition) is 6. The normalized spacial score (nSPS) is 11.7. The molecule has 0 aliphatic carbocycles. The van der Waals surface area contributed by atoms with E-state index in [9.17, 15) is 23.3 Å². The molecule has 0 aliphatic rings. The summed E-state index contributed by atoms with van der Waals surface area (Å²) in [6.45, 7) is 0. The Morgan fingerprint density at radius 2 is 1.97 bits per heavy atom. The molecule has 3 rings (SSSR count). The first kappa shape index (κ1) is 21.4. The number of rotatable bonds is 7. The van der Waals surface area contributed by atoms with Crippen molar-refractivity contribution in [3.63, 3.8) is 0 Å². The number of carbonyl (C=O) groups excluding carboxylic acids is 1. The van der Waals surface area contributed by atoms with E-state index in [4.69, 9.17) is 0 Å². The van der Waals surface area contributed by atoms with Crippen LogP contribution in [0.25, 0.3) is 11.0 Å². The average molecular weight is 431 g/mol. The summed E-state index contributed by atoms with van der Waals surface area (Å²) in [5.74, 6) is 0.317. The minimum Gasteiger partial charge on any atom is -0.331 e. The number of aryl methyl sites for hydroxylation is 2. The molecule has 1 N–H and O–H groups in total. The summed E-state index contributed by atoms with van der Waals surface area (Å²) < 4.78 is 27.6. The van der Waals surface area contributed by atoms with Crippen molar-refractivity contribution in [3.8, 4) is 0 Å². The van der Waals surface area contributed by atoms with Crippen LogP contribution in [0.4, 0.5) is 11.4 Å². The van der Waals surface area contributed by atoms with Crippen LogP contribution in [-0.4, -0.2) is 47.2 Å². The van der Waals surface area contributed by atoms with Gasteiger partial charge in [0.05, 0.1) is 20.9 Å². The first-order valence-electron chi connectivity index (χ1n) is 9.02. The summed E-state index contributed by atoms with van der Waals surface area (Å²) in [6.07, 6.45) is 0.435. The monoisotopic (exact) mass is 431 g/mol. The van der Waals surface area contributed by atoms with Gasteiger partial charge in [-0.05, 0) is 24.3 Å². The molecule has 0 spiro atoms. The van der Waals surface area contributed by atoms with E-state index in [1.165, 1.54) is 44.4 Å². The molecule has 30 heavy (non-hydrogen) atoms. The van der Waals surface area contributed by atoms with Crippen molar-refractivity contribution in [2.24, 2.45) is 7.05 Å². The molecule has 158 valence electrons. The second-order valence-electron chi connectivity index (χ2n) is 6.88. The van der Waals surface area contributed by atoms with E-state index in [-0.39, 0.29) is 22.9 Å². The number of nitrogens with one attached hydrogen (secondary N) is 1. The maximum absolute atomic E-state index is 12.3. The first-order chi connectivity index (χ1) is 14.1. The number of nitro benzene ring substituents is 1. The zero-order valence-electron chi connectivity index (χ0n) is 16.7. The highest BCUT2D eigenvalue weighted by molar-refractivity contribution is 7.89. The fraction of sp³-hybridized carbons (Fsp3) is 0.263. The van der Waals surface area contributed by atoms with Crippen LogP contribution < -0.4 is 5.32 Å². The van der Waals surface area contributed by atoms with Crippen LogP contribution >= 0.6 is 0 Å². The molecule has 1 aromatic heterocycles. The van der Waals surface area contributed by atoms with Crippen molar-refractivity contribution < 1.29 is 18.1 Å². The van der Waals surface area contributed by atoms with E-state index in [2.05, 4.69) is 10.3 Å². The smallest absolute Gasteiger partial charge is 0.271 e. The average Bonchev–Trinajstić information content (AvgIpc) is 3.01. The third-order valence-corrected chi connectivity index (χ3v) is 6.45. The number of imidazole rings is 1. The molecular weight excluding hydrogens is 410 g/mol. The Labute approximate surface area is 173 Å². The van der Waals surface area contributed by atoms with Crippen LogP contribution in [0, 0.1) is 10.1 Å². The Morgan fingerprint density at radius 3 is 2.63 bits per heavy atom. The van der Waals surface area contributed by atoms with E-state index in [1.54, 1.807) is 19.2 Å². The van der Waals surface area contributed by atoms with E-state index in [1.807, 2.05) is 4.57 Å². The molecule has 0 unspecified atom stereocenters. The largest absolute Gasteiger partial charge is 0.331 e. The SMILES string of the molecule is CN(C)S(=O)(=O)c1ccc2c(c1)nc(CCC(=O)Nc1cccc([N+](=O)[O-])c1)n2C. The minimum atomic E-state index is -3.57. The zero-order valence-corrected chi connectivity index (χ0v) is 17.5. The van der Waals surface area contributed by atoms with Crippen LogP contribution in [0.1, 0.15) is 12.2 Å². The topological polar surface area (TPSA) is 127 Å². The van der Waals surface area contributed by atoms with Gasteiger partial charge in [0.25, 0.3) is 5.69 Å². The van der Waals surface area contributed by atoms with Crippen molar-refractivity contribution in [1.82, 2.24) is 13.9 Å². The molecule has 1 heterocycles. The molecule has 10 nitrogen and oxygen atoms in total. The molecular formula is C19H21N5O5S. The molecule has 0 radical (unpaired) electrons. The van der Waals surface area contributed by atoms with Gasteiger partial charge in [-0.25, -0.2) is 17.7 Å². The maximum atomic E-state index is 12.3. The zero-order chi connectivity index (χ0) is 22.1. The van der Waals surface area contributed by atoms with Gasteiger partial charge < -0.3 is 9.88 Å². The van der Waals surface area contributed by atoms with Crippen LogP contribution in [0.15, 0.2) is 47.4 Å². The number of sulfonamides is 1. The lowest BCUT2D eigenvalue weighted by Gasteiger charge is -2.10. The van der Waals surface area contributed by atoms with Crippen LogP contribution in [0.2, 0.25) is 0 Å². The molecule has 0 aliphatic heterocycles. The summed E-state index contributed by atoms with van der Waals surface area (Å²) in [5, 5.41) is 13.5. The molecule has 0 atom stereocenters. The second-order valence-corrected chi connectivity index (χ2v) is 9.03. The Hall–Kier alpha value is -3.31. The highest BCUT2D eigenvalue weighted by Gasteiger charge is 2.19. The Kier molecular flexibility index (Phi) is 5.85. The molecule has 11 heteroatoms. The third kappa shape index (κ3) is 4.31. The fourth-order valence-electron chi connectivity index (χ4n) is 2.97. The predicted octanol–water partition coefficient (Wildman–Crippen LogP) is 2.30. The van der Waals surface area contributed by atoms with Gasteiger partial charge in [0.1, 0.15) is 5.82 Å². The van der Waals surface area contributed by atoms with E-state index in [0.29, 0.717) is 23.4 Å². The number of amides is 1. The van der Waals surface area contributed by atoms with Crippen LogP contribution in [-0.2, 0) is 28.3 Å². The minimum absolute atomic E-state index is 0.105. The number of anilines is 1. The highest BCUT2D eigenvalue weighted by atomic mass is 32.2. The van der Waals surface area contributed by atoms with Crippen LogP contribution in [0.5, 0.6) is 0 Å². The van der Waals surface area contributed by atoms with Crippen molar-refractivity contribution in [1.29, 1.82) is 0 Å². The summed E-state index contributed by atoms with van der Waals surface area (Å²) in [4.78, 5) is 27.2. The lowest BCUT2D eigenvalue weighted by molar-refractivity contribution is -0.384. The molecule has 2 aromatic carbocycles. The Balaban J connectivity index is 1.74. The summed E-state index contributed by atoms with van der Waals surface area (Å²) in [7, 11) is 1.15. The number of benzene rings is 2. The van der Waals surface area contributed by atoms with E-state index >= 15 is 0 Å². The number of aromatic nitrogens is 2.